The molecule has 1 aromatic carbocycles. The van der Waals surface area contributed by atoms with Gasteiger partial charge in [-0.1, -0.05) is 17.7 Å². The minimum absolute atomic E-state index is 0.141. The van der Waals surface area contributed by atoms with Crippen molar-refractivity contribution in [2.45, 2.75) is 6.42 Å². The van der Waals surface area contributed by atoms with E-state index in [9.17, 15) is 9.59 Å². The molecule has 0 saturated heterocycles. The van der Waals surface area contributed by atoms with Gasteiger partial charge in [-0.15, -0.1) is 0 Å². The van der Waals surface area contributed by atoms with Gasteiger partial charge in [0.25, 0.3) is 0 Å². The van der Waals surface area contributed by atoms with Crippen LogP contribution in [0.25, 0.3) is 0 Å². The Morgan fingerprint density at radius 1 is 1.14 bits per heavy atom. The van der Waals surface area contributed by atoms with Gasteiger partial charge in [0.2, 0.25) is 0 Å². The van der Waals surface area contributed by atoms with Crippen molar-refractivity contribution in [1.82, 2.24) is 4.98 Å². The normalized spacial score (nSPS) is 9.95. The van der Waals surface area contributed by atoms with Crippen LogP contribution in [0, 0.1) is 0 Å². The fourth-order valence-corrected chi connectivity index (χ4v) is 1.84. The van der Waals surface area contributed by atoms with Crippen molar-refractivity contribution in [2.24, 2.45) is 0 Å². The summed E-state index contributed by atoms with van der Waals surface area (Å²) in [4.78, 5) is 26.4. The Bertz CT molecular complexity index is 662. The van der Waals surface area contributed by atoms with Crippen LogP contribution in [0.2, 0.25) is 5.02 Å². The van der Waals surface area contributed by atoms with Crippen molar-refractivity contribution < 1.29 is 14.7 Å². The first-order valence-corrected chi connectivity index (χ1v) is 6.40. The summed E-state index contributed by atoms with van der Waals surface area (Å²) >= 11 is 5.98. The zero-order chi connectivity index (χ0) is 15.2. The third-order valence-corrected chi connectivity index (χ3v) is 2.90. The maximum absolute atomic E-state index is 11.8. The van der Waals surface area contributed by atoms with Crippen molar-refractivity contribution in [1.29, 1.82) is 0 Å². The Balaban J connectivity index is 2.07. The summed E-state index contributed by atoms with van der Waals surface area (Å²) in [5, 5.41) is 14.3. The van der Waals surface area contributed by atoms with Crippen LogP contribution in [-0.2, 0) is 11.2 Å². The topological polar surface area (TPSA) is 91.3 Å². The number of carboxylic acid groups (broad SMARTS) is 1. The molecule has 1 heterocycles. The molecule has 0 aliphatic heterocycles. The van der Waals surface area contributed by atoms with Crippen molar-refractivity contribution in [3.8, 4) is 0 Å². The van der Waals surface area contributed by atoms with Gasteiger partial charge in [0.05, 0.1) is 17.1 Å². The zero-order valence-electron chi connectivity index (χ0n) is 10.8. The first kappa shape index (κ1) is 14.8. The predicted octanol–water partition coefficient (Wildman–Crippen LogP) is 3.01. The molecule has 0 aliphatic rings. The lowest BCUT2D eigenvalue weighted by atomic mass is 10.1. The largest absolute Gasteiger partial charge is 0.481 e. The first-order chi connectivity index (χ1) is 10.0. The van der Waals surface area contributed by atoms with Gasteiger partial charge in [-0.3, -0.25) is 9.78 Å². The summed E-state index contributed by atoms with van der Waals surface area (Å²) in [6.45, 7) is 0. The summed E-state index contributed by atoms with van der Waals surface area (Å²) in [7, 11) is 0. The number of aliphatic carboxylic acids is 1. The molecule has 0 spiro atoms. The van der Waals surface area contributed by atoms with Gasteiger partial charge in [-0.2, -0.15) is 0 Å². The maximum Gasteiger partial charge on any atom is 0.323 e. The number of benzene rings is 1. The molecular weight excluding hydrogens is 294 g/mol. The lowest BCUT2D eigenvalue weighted by Gasteiger charge is -2.10. The molecule has 0 radical (unpaired) electrons. The predicted molar refractivity (Wildman–Crippen MR) is 79.7 cm³/mol. The van der Waals surface area contributed by atoms with E-state index < -0.39 is 12.0 Å². The maximum atomic E-state index is 11.8. The van der Waals surface area contributed by atoms with Gasteiger partial charge in [-0.25, -0.2) is 4.79 Å². The summed E-state index contributed by atoms with van der Waals surface area (Å²) in [6, 6.07) is 7.48. The number of anilines is 2. The molecule has 2 aromatic rings. The highest BCUT2D eigenvalue weighted by molar-refractivity contribution is 6.33. The SMILES string of the molecule is O=C(O)Cc1ccc(Cl)c(NC(=O)Nc2ccncc2)c1. The molecule has 108 valence electrons. The third kappa shape index (κ3) is 4.47. The van der Waals surface area contributed by atoms with Gasteiger partial charge in [0, 0.05) is 18.1 Å². The van der Waals surface area contributed by atoms with Crippen LogP contribution in [0.4, 0.5) is 16.2 Å². The molecule has 21 heavy (non-hydrogen) atoms. The molecule has 6 nitrogen and oxygen atoms in total. The molecule has 3 N–H and O–H groups in total. The molecular formula is C14H12ClN3O3. The van der Waals surface area contributed by atoms with Crippen molar-refractivity contribution in [3.05, 3.63) is 53.3 Å². The van der Waals surface area contributed by atoms with E-state index in [0.29, 0.717) is 22.0 Å². The third-order valence-electron chi connectivity index (χ3n) is 2.57. The number of pyridine rings is 1. The molecule has 0 atom stereocenters. The summed E-state index contributed by atoms with van der Waals surface area (Å²) in [5.41, 5.74) is 1.48. The molecule has 2 amide bonds. The summed E-state index contributed by atoms with van der Waals surface area (Å²) in [6.07, 6.45) is 2.96. The second kappa shape index (κ2) is 6.71. The van der Waals surface area contributed by atoms with Gasteiger partial charge < -0.3 is 15.7 Å². The van der Waals surface area contributed by atoms with Gasteiger partial charge in [-0.05, 0) is 29.8 Å². The van der Waals surface area contributed by atoms with E-state index in [2.05, 4.69) is 15.6 Å². The van der Waals surface area contributed by atoms with Crippen LogP contribution >= 0.6 is 11.6 Å². The van der Waals surface area contributed by atoms with Crippen LogP contribution in [0.1, 0.15) is 5.56 Å². The number of nitrogens with zero attached hydrogens (tertiary/aromatic N) is 1. The highest BCUT2D eigenvalue weighted by Crippen LogP contribution is 2.23. The Morgan fingerprint density at radius 3 is 2.52 bits per heavy atom. The highest BCUT2D eigenvalue weighted by atomic mass is 35.5. The number of urea groups is 1. The summed E-state index contributed by atoms with van der Waals surface area (Å²) < 4.78 is 0. The molecule has 0 bridgehead atoms. The number of halogens is 1. The standard InChI is InChI=1S/C14H12ClN3O3/c15-11-2-1-9(8-13(19)20)7-12(11)18-14(21)17-10-3-5-16-6-4-10/h1-7H,8H2,(H,19,20)(H2,16,17,18,21). The van der Waals surface area contributed by atoms with E-state index in [1.54, 1.807) is 36.7 Å². The highest BCUT2D eigenvalue weighted by Gasteiger charge is 2.08. The summed E-state index contributed by atoms with van der Waals surface area (Å²) in [5.74, 6) is -0.954. The van der Waals surface area contributed by atoms with Gasteiger partial charge >= 0.3 is 12.0 Å². The monoisotopic (exact) mass is 305 g/mol. The Morgan fingerprint density at radius 2 is 1.86 bits per heavy atom. The van der Waals surface area contributed by atoms with E-state index in [-0.39, 0.29) is 6.42 Å². The number of carbonyl (C=O) groups excluding carboxylic acids is 1. The van der Waals surface area contributed by atoms with E-state index in [4.69, 9.17) is 16.7 Å². The van der Waals surface area contributed by atoms with E-state index in [0.717, 1.165) is 0 Å². The van der Waals surface area contributed by atoms with Crippen molar-refractivity contribution >= 4 is 35.0 Å². The first-order valence-electron chi connectivity index (χ1n) is 6.03. The Kier molecular flexibility index (Phi) is 4.73. The van der Waals surface area contributed by atoms with Crippen LogP contribution in [0.15, 0.2) is 42.7 Å². The Labute approximate surface area is 125 Å². The van der Waals surface area contributed by atoms with Gasteiger partial charge in [0.15, 0.2) is 0 Å². The van der Waals surface area contributed by atoms with Crippen molar-refractivity contribution in [3.63, 3.8) is 0 Å². The van der Waals surface area contributed by atoms with Gasteiger partial charge in [0.1, 0.15) is 0 Å². The van der Waals surface area contributed by atoms with E-state index in [1.165, 1.54) is 6.07 Å². The van der Waals surface area contributed by atoms with Crippen LogP contribution < -0.4 is 10.6 Å². The van der Waals surface area contributed by atoms with E-state index in [1.807, 2.05) is 0 Å². The number of nitrogens with one attached hydrogen (secondary N) is 2. The lowest BCUT2D eigenvalue weighted by molar-refractivity contribution is -0.136. The number of rotatable bonds is 4. The number of hydrogen-bond donors (Lipinski definition) is 3. The second-order valence-corrected chi connectivity index (χ2v) is 4.61. The molecule has 2 rings (SSSR count). The number of carboxylic acids is 1. The lowest BCUT2D eigenvalue weighted by Crippen LogP contribution is -2.19. The fourth-order valence-electron chi connectivity index (χ4n) is 1.67. The molecule has 1 aromatic heterocycles. The average Bonchev–Trinajstić information content (AvgIpc) is 2.43. The Hall–Kier alpha value is -2.60. The van der Waals surface area contributed by atoms with Crippen LogP contribution in [0.3, 0.4) is 0 Å². The second-order valence-electron chi connectivity index (χ2n) is 4.20. The molecule has 0 saturated carbocycles. The van der Waals surface area contributed by atoms with E-state index >= 15 is 0 Å². The average molecular weight is 306 g/mol. The van der Waals surface area contributed by atoms with Crippen LogP contribution in [0.5, 0.6) is 0 Å². The molecule has 0 aliphatic carbocycles. The number of carbonyl (C=O) groups is 2. The van der Waals surface area contributed by atoms with Crippen molar-refractivity contribution in [2.75, 3.05) is 10.6 Å². The zero-order valence-corrected chi connectivity index (χ0v) is 11.6. The number of aromatic nitrogens is 1. The quantitative estimate of drug-likeness (QED) is 0.809. The minimum Gasteiger partial charge on any atom is -0.481 e. The van der Waals surface area contributed by atoms with Crippen LogP contribution in [-0.4, -0.2) is 22.1 Å². The smallest absolute Gasteiger partial charge is 0.323 e. The molecule has 0 unspecified atom stereocenters. The molecule has 0 fully saturated rings. The number of hydrogen-bond acceptors (Lipinski definition) is 3. The number of amides is 2. The molecule has 7 heteroatoms. The minimum atomic E-state index is -0.954. The fraction of sp³-hybridized carbons (Fsp3) is 0.0714.